The molecule has 0 saturated carbocycles. The van der Waals surface area contributed by atoms with Crippen LogP contribution in [-0.4, -0.2) is 49.6 Å². The lowest BCUT2D eigenvalue weighted by molar-refractivity contribution is -0.131. The number of aryl methyl sites for hydroxylation is 3. The molecular weight excluding hydrogens is 496 g/mol. The third-order valence-electron chi connectivity index (χ3n) is 6.60. The standard InChI is InChI=1S/C26H27ClN6O2S/c1-15-12-16(2)28-24-22(15)23(31-32(24)3)30-25(35)20-14-36-26(29-20)17-8-10-33(11-9-17)21(34)13-18-6-4-5-7-19(18)27/h4-7,12,14,17H,8-11,13H2,1-3H3,(H,30,31,35). The van der Waals surface area contributed by atoms with Gasteiger partial charge in [-0.2, -0.15) is 5.10 Å². The Morgan fingerprint density at radius 3 is 2.67 bits per heavy atom. The molecule has 5 rings (SSSR count). The number of hydrogen-bond donors (Lipinski definition) is 1. The third-order valence-corrected chi connectivity index (χ3v) is 7.98. The summed E-state index contributed by atoms with van der Waals surface area (Å²) in [5, 5.41) is 11.6. The van der Waals surface area contributed by atoms with Crippen molar-refractivity contribution in [2.75, 3.05) is 18.4 Å². The summed E-state index contributed by atoms with van der Waals surface area (Å²) < 4.78 is 1.68. The fourth-order valence-electron chi connectivity index (χ4n) is 4.72. The Hall–Kier alpha value is -3.30. The van der Waals surface area contributed by atoms with E-state index in [4.69, 9.17) is 11.6 Å². The SMILES string of the molecule is Cc1cc(C)c2c(NC(=O)c3csc(C4CCN(C(=O)Cc5ccccc5Cl)CC4)n3)nn(C)c2n1. The van der Waals surface area contributed by atoms with Crippen LogP contribution < -0.4 is 5.32 Å². The van der Waals surface area contributed by atoms with Gasteiger partial charge in [-0.15, -0.1) is 11.3 Å². The van der Waals surface area contributed by atoms with Gasteiger partial charge in [0, 0.05) is 42.2 Å². The molecule has 1 aromatic carbocycles. The molecule has 4 aromatic rings. The molecule has 186 valence electrons. The summed E-state index contributed by atoms with van der Waals surface area (Å²) in [7, 11) is 1.82. The number of amides is 2. The van der Waals surface area contributed by atoms with Gasteiger partial charge in [0.2, 0.25) is 5.91 Å². The summed E-state index contributed by atoms with van der Waals surface area (Å²) >= 11 is 7.71. The van der Waals surface area contributed by atoms with Crippen LogP contribution in [0.25, 0.3) is 11.0 Å². The molecule has 0 radical (unpaired) electrons. The molecule has 0 atom stereocenters. The number of nitrogens with one attached hydrogen (secondary N) is 1. The quantitative estimate of drug-likeness (QED) is 0.402. The smallest absolute Gasteiger partial charge is 0.276 e. The number of carbonyl (C=O) groups is 2. The van der Waals surface area contributed by atoms with Gasteiger partial charge in [0.05, 0.1) is 16.8 Å². The molecule has 4 heterocycles. The average molecular weight is 523 g/mol. The number of thiazole rings is 1. The Bertz CT molecular complexity index is 1450. The highest BCUT2D eigenvalue weighted by atomic mass is 35.5. The second-order valence-corrected chi connectivity index (χ2v) is 10.5. The number of anilines is 1. The van der Waals surface area contributed by atoms with Gasteiger partial charge in [0.1, 0.15) is 5.69 Å². The number of rotatable bonds is 5. The van der Waals surface area contributed by atoms with Gasteiger partial charge in [-0.05, 0) is 49.9 Å². The number of benzene rings is 1. The monoisotopic (exact) mass is 522 g/mol. The number of halogens is 1. The van der Waals surface area contributed by atoms with E-state index in [0.717, 1.165) is 45.7 Å². The Morgan fingerprint density at radius 2 is 1.92 bits per heavy atom. The number of piperidine rings is 1. The maximum absolute atomic E-state index is 13.0. The highest BCUT2D eigenvalue weighted by Gasteiger charge is 2.27. The molecule has 1 aliphatic rings. The van der Waals surface area contributed by atoms with Crippen LogP contribution in [0.1, 0.15) is 51.1 Å². The lowest BCUT2D eigenvalue weighted by atomic mass is 9.97. The zero-order valence-corrected chi connectivity index (χ0v) is 22.0. The van der Waals surface area contributed by atoms with Crippen LogP contribution in [-0.2, 0) is 18.3 Å². The summed E-state index contributed by atoms with van der Waals surface area (Å²) in [6.45, 7) is 5.26. The van der Waals surface area contributed by atoms with E-state index in [0.29, 0.717) is 36.0 Å². The molecule has 36 heavy (non-hydrogen) atoms. The first kappa shape index (κ1) is 24.4. The average Bonchev–Trinajstić information content (AvgIpc) is 3.46. The summed E-state index contributed by atoms with van der Waals surface area (Å²) in [4.78, 5) is 36.8. The van der Waals surface area contributed by atoms with Crippen molar-refractivity contribution < 1.29 is 9.59 Å². The van der Waals surface area contributed by atoms with Gasteiger partial charge < -0.3 is 10.2 Å². The maximum atomic E-state index is 13.0. The van der Waals surface area contributed by atoms with Crippen LogP contribution >= 0.6 is 22.9 Å². The summed E-state index contributed by atoms with van der Waals surface area (Å²) in [6, 6.07) is 9.43. The lowest BCUT2D eigenvalue weighted by Gasteiger charge is -2.31. The Labute approximate surface area is 218 Å². The Morgan fingerprint density at radius 1 is 1.17 bits per heavy atom. The van der Waals surface area contributed by atoms with E-state index in [9.17, 15) is 9.59 Å². The topological polar surface area (TPSA) is 93.0 Å². The van der Waals surface area contributed by atoms with Crippen LogP contribution in [0.15, 0.2) is 35.7 Å². The van der Waals surface area contributed by atoms with Crippen LogP contribution in [0.4, 0.5) is 5.82 Å². The van der Waals surface area contributed by atoms with Crippen LogP contribution in [0.3, 0.4) is 0 Å². The normalized spacial score (nSPS) is 14.4. The third kappa shape index (κ3) is 4.85. The molecular formula is C26H27ClN6O2S. The van der Waals surface area contributed by atoms with Crippen molar-refractivity contribution in [2.45, 2.75) is 39.0 Å². The lowest BCUT2D eigenvalue weighted by Crippen LogP contribution is -2.38. The molecule has 2 amide bonds. The molecule has 0 aliphatic carbocycles. The molecule has 8 nitrogen and oxygen atoms in total. The minimum Gasteiger partial charge on any atom is -0.342 e. The van der Waals surface area contributed by atoms with E-state index >= 15 is 0 Å². The van der Waals surface area contributed by atoms with Crippen LogP contribution in [0.2, 0.25) is 5.02 Å². The summed E-state index contributed by atoms with van der Waals surface area (Å²) in [6.07, 6.45) is 1.94. The molecule has 1 saturated heterocycles. The number of hydrogen-bond acceptors (Lipinski definition) is 6. The maximum Gasteiger partial charge on any atom is 0.276 e. The van der Waals surface area contributed by atoms with E-state index in [1.54, 1.807) is 10.1 Å². The van der Waals surface area contributed by atoms with Crippen molar-refractivity contribution >= 4 is 51.6 Å². The fourth-order valence-corrected chi connectivity index (χ4v) is 5.90. The number of nitrogens with zero attached hydrogens (tertiary/aromatic N) is 5. The predicted molar refractivity (Wildman–Crippen MR) is 142 cm³/mol. The molecule has 1 N–H and O–H groups in total. The van der Waals surface area contributed by atoms with Crippen molar-refractivity contribution in [3.63, 3.8) is 0 Å². The largest absolute Gasteiger partial charge is 0.342 e. The minimum atomic E-state index is -0.287. The molecule has 0 spiro atoms. The Kier molecular flexibility index (Phi) is 6.77. The molecule has 10 heteroatoms. The van der Waals surface area contributed by atoms with Crippen molar-refractivity contribution in [2.24, 2.45) is 7.05 Å². The van der Waals surface area contributed by atoms with Crippen molar-refractivity contribution in [3.8, 4) is 0 Å². The number of likely N-dealkylation sites (tertiary alicyclic amines) is 1. The molecule has 1 fully saturated rings. The highest BCUT2D eigenvalue weighted by Crippen LogP contribution is 2.31. The second kappa shape index (κ2) is 9.99. The van der Waals surface area contributed by atoms with Gasteiger partial charge in [-0.3, -0.25) is 9.59 Å². The van der Waals surface area contributed by atoms with Gasteiger partial charge in [0.15, 0.2) is 11.5 Å². The number of aromatic nitrogens is 4. The van der Waals surface area contributed by atoms with Gasteiger partial charge >= 0.3 is 0 Å². The van der Waals surface area contributed by atoms with E-state index in [1.165, 1.54) is 11.3 Å². The second-order valence-electron chi connectivity index (χ2n) is 9.20. The first-order chi connectivity index (χ1) is 17.3. The molecule has 0 bridgehead atoms. The number of fused-ring (bicyclic) bond motifs is 1. The number of pyridine rings is 1. The van der Waals surface area contributed by atoms with Gasteiger partial charge in [-0.25, -0.2) is 14.6 Å². The van der Waals surface area contributed by atoms with Gasteiger partial charge in [0.25, 0.3) is 5.91 Å². The van der Waals surface area contributed by atoms with E-state index in [-0.39, 0.29) is 17.7 Å². The Balaban J connectivity index is 1.22. The van der Waals surface area contributed by atoms with Crippen molar-refractivity contribution in [3.05, 3.63) is 68.3 Å². The predicted octanol–water partition coefficient (Wildman–Crippen LogP) is 4.90. The van der Waals surface area contributed by atoms with Crippen molar-refractivity contribution in [1.82, 2.24) is 24.6 Å². The zero-order chi connectivity index (χ0) is 25.4. The first-order valence-corrected chi connectivity index (χ1v) is 13.1. The first-order valence-electron chi connectivity index (χ1n) is 11.9. The molecule has 3 aromatic heterocycles. The van der Waals surface area contributed by atoms with Gasteiger partial charge in [-0.1, -0.05) is 29.8 Å². The zero-order valence-electron chi connectivity index (χ0n) is 20.4. The van der Waals surface area contributed by atoms with E-state index in [2.05, 4.69) is 20.4 Å². The summed E-state index contributed by atoms with van der Waals surface area (Å²) in [5.41, 5.74) is 3.88. The minimum absolute atomic E-state index is 0.0864. The highest BCUT2D eigenvalue weighted by molar-refractivity contribution is 7.10. The van der Waals surface area contributed by atoms with Crippen molar-refractivity contribution in [1.29, 1.82) is 0 Å². The van der Waals surface area contributed by atoms with Crippen LogP contribution in [0, 0.1) is 13.8 Å². The molecule has 1 aliphatic heterocycles. The van der Waals surface area contributed by atoms with Crippen LogP contribution in [0.5, 0.6) is 0 Å². The summed E-state index contributed by atoms with van der Waals surface area (Å²) in [5.74, 6) is 0.515. The number of carbonyl (C=O) groups excluding carboxylic acids is 2. The van der Waals surface area contributed by atoms with E-state index in [1.807, 2.05) is 56.1 Å². The fraction of sp³-hybridized carbons (Fsp3) is 0.346. The molecule has 0 unspecified atom stereocenters. The van der Waals surface area contributed by atoms with E-state index < -0.39 is 0 Å².